The standard InChI is InChI=1S/C16H17Cl2N3O3/c17-10-2-1-3-11(14(10)18)21-13(22)8-12(16(21)24)20-6-4-9(5-7-20)15(19)23/h1-3,9,12H,4-8H2,(H2,19,23)/t12-/m1/s1. The van der Waals surface area contributed by atoms with Gasteiger partial charge in [0.25, 0.3) is 5.91 Å². The van der Waals surface area contributed by atoms with E-state index < -0.39 is 6.04 Å². The largest absolute Gasteiger partial charge is 0.369 e. The van der Waals surface area contributed by atoms with Crippen molar-refractivity contribution in [1.82, 2.24) is 4.90 Å². The van der Waals surface area contributed by atoms with Crippen LogP contribution in [-0.4, -0.2) is 41.8 Å². The summed E-state index contributed by atoms with van der Waals surface area (Å²) >= 11 is 12.1. The zero-order valence-corrected chi connectivity index (χ0v) is 14.4. The number of anilines is 1. The quantitative estimate of drug-likeness (QED) is 0.823. The van der Waals surface area contributed by atoms with Crippen molar-refractivity contribution >= 4 is 46.6 Å². The highest BCUT2D eigenvalue weighted by Gasteiger charge is 2.44. The molecule has 1 aromatic rings. The van der Waals surface area contributed by atoms with Crippen LogP contribution in [0.15, 0.2) is 18.2 Å². The smallest absolute Gasteiger partial charge is 0.251 e. The van der Waals surface area contributed by atoms with Crippen LogP contribution in [0.25, 0.3) is 0 Å². The van der Waals surface area contributed by atoms with E-state index in [-0.39, 0.29) is 35.1 Å². The second-order valence-electron chi connectivity index (χ2n) is 6.07. The molecule has 2 aliphatic rings. The third-order valence-electron chi connectivity index (χ3n) is 4.67. The number of benzene rings is 1. The first kappa shape index (κ1) is 17.2. The first-order valence-corrected chi connectivity index (χ1v) is 8.50. The molecule has 3 amide bonds. The number of likely N-dealkylation sites (tertiary alicyclic amines) is 1. The molecule has 0 unspecified atom stereocenters. The number of rotatable bonds is 3. The molecule has 0 bridgehead atoms. The Morgan fingerprint density at radius 2 is 1.83 bits per heavy atom. The van der Waals surface area contributed by atoms with Crippen molar-refractivity contribution in [2.24, 2.45) is 11.7 Å². The number of primary amides is 1. The van der Waals surface area contributed by atoms with Gasteiger partial charge in [0, 0.05) is 5.92 Å². The highest BCUT2D eigenvalue weighted by molar-refractivity contribution is 6.44. The van der Waals surface area contributed by atoms with E-state index in [1.165, 1.54) is 0 Å². The Bertz CT molecular complexity index is 702. The maximum atomic E-state index is 12.8. The SMILES string of the molecule is NC(=O)C1CCN([C@@H]2CC(=O)N(c3cccc(Cl)c3Cl)C2=O)CC1. The molecule has 0 aliphatic carbocycles. The average Bonchev–Trinajstić information content (AvgIpc) is 2.85. The van der Waals surface area contributed by atoms with Gasteiger partial charge >= 0.3 is 0 Å². The van der Waals surface area contributed by atoms with Crippen LogP contribution < -0.4 is 10.6 Å². The molecule has 8 heteroatoms. The van der Waals surface area contributed by atoms with Crippen LogP contribution in [-0.2, 0) is 14.4 Å². The predicted molar refractivity (Wildman–Crippen MR) is 90.9 cm³/mol. The Hall–Kier alpha value is -1.63. The molecule has 2 fully saturated rings. The summed E-state index contributed by atoms with van der Waals surface area (Å²) in [7, 11) is 0. The molecular weight excluding hydrogens is 353 g/mol. The van der Waals surface area contributed by atoms with Crippen LogP contribution in [0.5, 0.6) is 0 Å². The Morgan fingerprint density at radius 3 is 2.46 bits per heavy atom. The molecule has 0 aromatic heterocycles. The minimum Gasteiger partial charge on any atom is -0.369 e. The van der Waals surface area contributed by atoms with E-state index in [1.54, 1.807) is 18.2 Å². The van der Waals surface area contributed by atoms with Crippen molar-refractivity contribution in [2.45, 2.75) is 25.3 Å². The fraction of sp³-hybridized carbons (Fsp3) is 0.438. The van der Waals surface area contributed by atoms with Crippen LogP contribution in [0.1, 0.15) is 19.3 Å². The number of nitrogens with zero attached hydrogens (tertiary/aromatic N) is 2. The first-order chi connectivity index (χ1) is 11.4. The number of imide groups is 1. The second kappa shape index (κ2) is 6.70. The van der Waals surface area contributed by atoms with Crippen molar-refractivity contribution in [2.75, 3.05) is 18.0 Å². The van der Waals surface area contributed by atoms with Crippen molar-refractivity contribution in [1.29, 1.82) is 0 Å². The third-order valence-corrected chi connectivity index (χ3v) is 5.48. The highest BCUT2D eigenvalue weighted by atomic mass is 35.5. The number of amides is 3. The Balaban J connectivity index is 1.78. The van der Waals surface area contributed by atoms with Gasteiger partial charge in [0.2, 0.25) is 11.8 Å². The Kier molecular flexibility index (Phi) is 4.80. The van der Waals surface area contributed by atoms with E-state index >= 15 is 0 Å². The number of carbonyl (C=O) groups excluding carboxylic acids is 3. The van der Waals surface area contributed by atoms with Gasteiger partial charge in [-0.3, -0.25) is 19.3 Å². The van der Waals surface area contributed by atoms with Crippen LogP contribution in [0.3, 0.4) is 0 Å². The third kappa shape index (κ3) is 3.01. The number of hydrogen-bond acceptors (Lipinski definition) is 4. The number of halogens is 2. The lowest BCUT2D eigenvalue weighted by molar-refractivity contribution is -0.124. The second-order valence-corrected chi connectivity index (χ2v) is 6.86. The fourth-order valence-corrected chi connectivity index (χ4v) is 3.70. The normalized spacial score (nSPS) is 23.1. The maximum absolute atomic E-state index is 12.8. The van der Waals surface area contributed by atoms with Crippen molar-refractivity contribution < 1.29 is 14.4 Å². The fourth-order valence-electron chi connectivity index (χ4n) is 3.32. The molecule has 24 heavy (non-hydrogen) atoms. The van der Waals surface area contributed by atoms with Crippen LogP contribution >= 0.6 is 23.2 Å². The van der Waals surface area contributed by atoms with Gasteiger partial charge in [0.1, 0.15) is 0 Å². The molecule has 128 valence electrons. The van der Waals surface area contributed by atoms with Crippen molar-refractivity contribution in [3.8, 4) is 0 Å². The average molecular weight is 370 g/mol. The predicted octanol–water partition coefficient (Wildman–Crippen LogP) is 1.82. The van der Waals surface area contributed by atoms with Gasteiger partial charge in [-0.1, -0.05) is 29.3 Å². The lowest BCUT2D eigenvalue weighted by Crippen LogP contribution is -2.47. The molecule has 3 rings (SSSR count). The molecule has 1 aromatic carbocycles. The van der Waals surface area contributed by atoms with E-state index in [2.05, 4.69) is 0 Å². The summed E-state index contributed by atoms with van der Waals surface area (Å²) in [5.74, 6) is -1.07. The summed E-state index contributed by atoms with van der Waals surface area (Å²) in [6, 6.07) is 4.33. The van der Waals surface area contributed by atoms with Gasteiger partial charge in [-0.05, 0) is 38.1 Å². The lowest BCUT2D eigenvalue weighted by atomic mass is 9.95. The van der Waals surface area contributed by atoms with Gasteiger partial charge in [-0.2, -0.15) is 0 Å². The zero-order chi connectivity index (χ0) is 17.4. The van der Waals surface area contributed by atoms with Crippen LogP contribution in [0.4, 0.5) is 5.69 Å². The van der Waals surface area contributed by atoms with E-state index in [0.717, 1.165) is 4.90 Å². The first-order valence-electron chi connectivity index (χ1n) is 7.74. The van der Waals surface area contributed by atoms with Gasteiger partial charge in [0.15, 0.2) is 0 Å². The molecule has 2 saturated heterocycles. The van der Waals surface area contributed by atoms with Crippen LogP contribution in [0, 0.1) is 5.92 Å². The maximum Gasteiger partial charge on any atom is 0.251 e. The summed E-state index contributed by atoms with van der Waals surface area (Å²) in [6.07, 6.45) is 1.30. The highest BCUT2D eigenvalue weighted by Crippen LogP contribution is 2.36. The Labute approximate surface area is 149 Å². The molecule has 6 nitrogen and oxygen atoms in total. The summed E-state index contributed by atoms with van der Waals surface area (Å²) < 4.78 is 0. The molecule has 2 heterocycles. The van der Waals surface area contributed by atoms with Gasteiger partial charge in [-0.25, -0.2) is 4.90 Å². The summed E-state index contributed by atoms with van der Waals surface area (Å²) in [6.45, 7) is 1.13. The number of nitrogens with two attached hydrogens (primary N) is 1. The minimum atomic E-state index is -0.527. The summed E-state index contributed by atoms with van der Waals surface area (Å²) in [4.78, 5) is 39.4. The molecule has 2 N–H and O–H groups in total. The molecule has 0 saturated carbocycles. The van der Waals surface area contributed by atoms with E-state index in [9.17, 15) is 14.4 Å². The molecule has 1 atom stereocenters. The van der Waals surface area contributed by atoms with E-state index in [0.29, 0.717) is 36.6 Å². The molecule has 2 aliphatic heterocycles. The van der Waals surface area contributed by atoms with Crippen LogP contribution in [0.2, 0.25) is 10.0 Å². The Morgan fingerprint density at radius 1 is 1.17 bits per heavy atom. The monoisotopic (exact) mass is 369 g/mol. The summed E-state index contributed by atoms with van der Waals surface area (Å²) in [5, 5.41) is 0.481. The van der Waals surface area contributed by atoms with Crippen molar-refractivity contribution in [3.63, 3.8) is 0 Å². The molecular formula is C16H17Cl2N3O3. The van der Waals surface area contributed by atoms with E-state index in [1.807, 2.05) is 4.90 Å². The number of piperidine rings is 1. The molecule has 0 radical (unpaired) electrons. The minimum absolute atomic E-state index is 0.100. The molecule has 0 spiro atoms. The number of hydrogen-bond donors (Lipinski definition) is 1. The van der Waals surface area contributed by atoms with Gasteiger partial charge in [0.05, 0.1) is 28.2 Å². The van der Waals surface area contributed by atoms with E-state index in [4.69, 9.17) is 28.9 Å². The zero-order valence-electron chi connectivity index (χ0n) is 12.9. The topological polar surface area (TPSA) is 83.7 Å². The summed E-state index contributed by atoms with van der Waals surface area (Å²) in [5.41, 5.74) is 5.64. The number of carbonyl (C=O) groups is 3. The van der Waals surface area contributed by atoms with Crippen molar-refractivity contribution in [3.05, 3.63) is 28.2 Å². The lowest BCUT2D eigenvalue weighted by Gasteiger charge is -2.33. The van der Waals surface area contributed by atoms with Gasteiger partial charge in [-0.15, -0.1) is 0 Å². The van der Waals surface area contributed by atoms with Gasteiger partial charge < -0.3 is 5.73 Å².